The van der Waals surface area contributed by atoms with Crippen LogP contribution in [0.2, 0.25) is 0 Å². The zero-order valence-corrected chi connectivity index (χ0v) is 12.8. The van der Waals surface area contributed by atoms with Crippen molar-refractivity contribution in [2.24, 2.45) is 0 Å². The molecule has 2 rings (SSSR count). The number of piperidine rings is 1. The van der Waals surface area contributed by atoms with Crippen LogP contribution < -0.4 is 5.32 Å². The second-order valence-corrected chi connectivity index (χ2v) is 6.89. The first-order valence-electron chi connectivity index (χ1n) is 6.04. The van der Waals surface area contributed by atoms with E-state index in [0.29, 0.717) is 6.04 Å². The second kappa shape index (κ2) is 6.50. The van der Waals surface area contributed by atoms with E-state index < -0.39 is 0 Å². The Labute approximate surface area is 120 Å². The summed E-state index contributed by atoms with van der Waals surface area (Å²) in [5.41, 5.74) is 1.06. The largest absolute Gasteiger partial charge is 0.350 e. The molecule has 1 N–H and O–H groups in total. The van der Waals surface area contributed by atoms with E-state index in [4.69, 9.17) is 0 Å². The molecule has 1 saturated heterocycles. The summed E-state index contributed by atoms with van der Waals surface area (Å²) in [4.78, 5) is 14.0. The van der Waals surface area contributed by atoms with Gasteiger partial charge in [-0.15, -0.1) is 11.3 Å². The van der Waals surface area contributed by atoms with E-state index in [-0.39, 0.29) is 5.91 Å². The van der Waals surface area contributed by atoms with E-state index in [0.717, 1.165) is 35.3 Å². The van der Waals surface area contributed by atoms with Crippen molar-refractivity contribution < 1.29 is 4.79 Å². The maximum atomic E-state index is 11.8. The van der Waals surface area contributed by atoms with E-state index in [9.17, 15) is 4.79 Å². The number of likely N-dealkylation sites (tertiary alicyclic amines) is 1. The van der Waals surface area contributed by atoms with Gasteiger partial charge in [0.1, 0.15) is 0 Å². The van der Waals surface area contributed by atoms with Gasteiger partial charge in [0.05, 0.1) is 3.79 Å². The lowest BCUT2D eigenvalue weighted by Gasteiger charge is -2.29. The van der Waals surface area contributed by atoms with Crippen molar-refractivity contribution in [3.8, 4) is 0 Å². The van der Waals surface area contributed by atoms with Crippen LogP contribution in [0, 0.1) is 0 Å². The Balaban J connectivity index is 1.80. The van der Waals surface area contributed by atoms with Crippen LogP contribution in [0.25, 0.3) is 6.08 Å². The lowest BCUT2D eigenvalue weighted by molar-refractivity contribution is -0.117. The molecular weight excluding hydrogens is 312 g/mol. The van der Waals surface area contributed by atoms with Gasteiger partial charge in [0.25, 0.3) is 0 Å². The number of carbonyl (C=O) groups excluding carboxylic acids is 1. The molecule has 1 fully saturated rings. The van der Waals surface area contributed by atoms with Crippen molar-refractivity contribution >= 4 is 39.2 Å². The molecule has 2 heterocycles. The Kier molecular flexibility index (Phi) is 4.97. The van der Waals surface area contributed by atoms with Crippen LogP contribution in [0.5, 0.6) is 0 Å². The van der Waals surface area contributed by atoms with Gasteiger partial charge >= 0.3 is 0 Å². The maximum Gasteiger partial charge on any atom is 0.244 e. The summed E-state index contributed by atoms with van der Waals surface area (Å²) in [6, 6.07) is 2.33. The first-order valence-corrected chi connectivity index (χ1v) is 7.72. The summed E-state index contributed by atoms with van der Waals surface area (Å²) >= 11 is 5.02. The molecule has 18 heavy (non-hydrogen) atoms. The molecule has 1 aliphatic rings. The highest BCUT2D eigenvalue weighted by molar-refractivity contribution is 9.11. The molecule has 0 aromatic carbocycles. The quantitative estimate of drug-likeness (QED) is 0.865. The zero-order valence-electron chi connectivity index (χ0n) is 10.4. The van der Waals surface area contributed by atoms with Crippen molar-refractivity contribution in [3.63, 3.8) is 0 Å². The molecule has 0 unspecified atom stereocenters. The summed E-state index contributed by atoms with van der Waals surface area (Å²) in [5, 5.41) is 5.07. The third-order valence-electron chi connectivity index (χ3n) is 3.08. The molecule has 98 valence electrons. The van der Waals surface area contributed by atoms with E-state index in [2.05, 4.69) is 33.2 Å². The van der Waals surface area contributed by atoms with E-state index in [1.165, 1.54) is 0 Å². The third-order valence-corrected chi connectivity index (χ3v) is 4.60. The van der Waals surface area contributed by atoms with E-state index >= 15 is 0 Å². The first-order chi connectivity index (χ1) is 8.63. The molecule has 0 aliphatic carbocycles. The van der Waals surface area contributed by atoms with Crippen LogP contribution in [0.4, 0.5) is 0 Å². The monoisotopic (exact) mass is 328 g/mol. The highest BCUT2D eigenvalue weighted by atomic mass is 79.9. The number of carbonyl (C=O) groups is 1. The number of rotatable bonds is 3. The van der Waals surface area contributed by atoms with Crippen LogP contribution in [-0.2, 0) is 4.79 Å². The minimum atomic E-state index is 0.00637. The molecule has 0 atom stereocenters. The molecule has 1 aromatic rings. The number of nitrogens with zero attached hydrogens (tertiary/aromatic N) is 1. The summed E-state index contributed by atoms with van der Waals surface area (Å²) in [5.74, 6) is 0.00637. The normalized spacial score (nSPS) is 18.3. The van der Waals surface area contributed by atoms with Crippen LogP contribution in [0.15, 0.2) is 21.3 Å². The molecular formula is C13H17BrN2OS. The van der Waals surface area contributed by atoms with Gasteiger partial charge in [0.15, 0.2) is 0 Å². The lowest BCUT2D eigenvalue weighted by atomic mass is 10.1. The number of hydrogen-bond donors (Lipinski definition) is 1. The van der Waals surface area contributed by atoms with Gasteiger partial charge in [-0.05, 0) is 72.0 Å². The molecule has 0 spiro atoms. The van der Waals surface area contributed by atoms with Gasteiger partial charge in [-0.3, -0.25) is 4.79 Å². The van der Waals surface area contributed by atoms with Gasteiger partial charge in [0.2, 0.25) is 5.91 Å². The minimum Gasteiger partial charge on any atom is -0.350 e. The van der Waals surface area contributed by atoms with Crippen molar-refractivity contribution in [3.05, 3.63) is 26.9 Å². The lowest BCUT2D eigenvalue weighted by Crippen LogP contribution is -2.42. The van der Waals surface area contributed by atoms with Crippen LogP contribution in [-0.4, -0.2) is 37.0 Å². The smallest absolute Gasteiger partial charge is 0.244 e. The predicted molar refractivity (Wildman–Crippen MR) is 79.7 cm³/mol. The van der Waals surface area contributed by atoms with Crippen LogP contribution in [0.1, 0.15) is 18.4 Å². The minimum absolute atomic E-state index is 0.00637. The van der Waals surface area contributed by atoms with E-state index in [1.54, 1.807) is 17.4 Å². The molecule has 1 aromatic heterocycles. The summed E-state index contributed by atoms with van der Waals surface area (Å²) in [6.45, 7) is 2.12. The SMILES string of the molecule is CN1CCC(NC(=O)/C=C\c2csc(Br)c2)CC1. The average molecular weight is 329 g/mol. The molecule has 1 aliphatic heterocycles. The topological polar surface area (TPSA) is 32.3 Å². The Morgan fingerprint density at radius 1 is 1.56 bits per heavy atom. The van der Waals surface area contributed by atoms with Gasteiger partial charge in [0, 0.05) is 12.1 Å². The summed E-state index contributed by atoms with van der Waals surface area (Å²) in [6.07, 6.45) is 5.55. The van der Waals surface area contributed by atoms with Gasteiger partial charge in [-0.2, -0.15) is 0 Å². The molecule has 1 amide bonds. The third kappa shape index (κ3) is 4.23. The fourth-order valence-electron chi connectivity index (χ4n) is 1.98. The Hall–Kier alpha value is -0.650. The van der Waals surface area contributed by atoms with Crippen LogP contribution in [0.3, 0.4) is 0 Å². The number of halogens is 1. The van der Waals surface area contributed by atoms with Crippen LogP contribution >= 0.6 is 27.3 Å². The molecule has 5 heteroatoms. The molecule has 0 radical (unpaired) electrons. The maximum absolute atomic E-state index is 11.8. The molecule has 0 saturated carbocycles. The Morgan fingerprint density at radius 3 is 2.89 bits per heavy atom. The first kappa shape index (κ1) is 13.8. The molecule has 3 nitrogen and oxygen atoms in total. The standard InChI is InChI=1S/C13H17BrN2OS/c1-16-6-4-11(5-7-16)15-13(17)3-2-10-8-12(14)18-9-10/h2-3,8-9,11H,4-7H2,1H3,(H,15,17)/b3-2-. The number of amides is 1. The fourth-order valence-corrected chi connectivity index (χ4v) is 3.13. The highest BCUT2D eigenvalue weighted by Gasteiger charge is 2.17. The van der Waals surface area contributed by atoms with Crippen molar-refractivity contribution in [1.29, 1.82) is 0 Å². The molecule has 0 bridgehead atoms. The van der Waals surface area contributed by atoms with Gasteiger partial charge < -0.3 is 10.2 Å². The average Bonchev–Trinajstić information content (AvgIpc) is 2.76. The van der Waals surface area contributed by atoms with Crippen molar-refractivity contribution in [2.45, 2.75) is 18.9 Å². The highest BCUT2D eigenvalue weighted by Crippen LogP contribution is 2.21. The Morgan fingerprint density at radius 2 is 2.28 bits per heavy atom. The van der Waals surface area contributed by atoms with Gasteiger partial charge in [-0.1, -0.05) is 0 Å². The fraction of sp³-hybridized carbons (Fsp3) is 0.462. The Bertz CT molecular complexity index is 436. The summed E-state index contributed by atoms with van der Waals surface area (Å²) < 4.78 is 1.08. The number of nitrogens with one attached hydrogen (secondary N) is 1. The summed E-state index contributed by atoms with van der Waals surface area (Å²) in [7, 11) is 2.12. The zero-order chi connectivity index (χ0) is 13.0. The second-order valence-electron chi connectivity index (χ2n) is 4.60. The van der Waals surface area contributed by atoms with E-state index in [1.807, 2.05) is 17.5 Å². The van der Waals surface area contributed by atoms with Gasteiger partial charge in [-0.25, -0.2) is 0 Å². The van der Waals surface area contributed by atoms with Crippen molar-refractivity contribution in [1.82, 2.24) is 10.2 Å². The predicted octanol–water partition coefficient (Wildman–Crippen LogP) is 2.73. The van der Waals surface area contributed by atoms with Crippen molar-refractivity contribution in [2.75, 3.05) is 20.1 Å². The number of thiophene rings is 1. The number of hydrogen-bond acceptors (Lipinski definition) is 3.